The molecular formula is C12H20N2O. The minimum Gasteiger partial charge on any atom is -0.393 e. The highest BCUT2D eigenvalue weighted by Crippen LogP contribution is 2.34. The fraction of sp³-hybridized carbons (Fsp3) is 0.750. The van der Waals surface area contributed by atoms with Crippen molar-refractivity contribution in [3.8, 4) is 0 Å². The Morgan fingerprint density at radius 1 is 1.53 bits per heavy atom. The summed E-state index contributed by atoms with van der Waals surface area (Å²) in [7, 11) is 1.94. The van der Waals surface area contributed by atoms with Crippen molar-refractivity contribution < 1.29 is 5.11 Å². The third-order valence-electron chi connectivity index (χ3n) is 3.14. The van der Waals surface area contributed by atoms with Gasteiger partial charge in [-0.2, -0.15) is 5.10 Å². The van der Waals surface area contributed by atoms with E-state index in [1.807, 2.05) is 17.9 Å². The molecule has 1 saturated carbocycles. The first-order chi connectivity index (χ1) is 7.25. The highest BCUT2D eigenvalue weighted by molar-refractivity contribution is 5.03. The number of hydrogen-bond acceptors (Lipinski definition) is 2. The smallest absolute Gasteiger partial charge is 0.0568 e. The summed E-state index contributed by atoms with van der Waals surface area (Å²) in [5.41, 5.74) is 1.30. The van der Waals surface area contributed by atoms with E-state index in [1.165, 1.54) is 18.4 Å². The molecule has 0 bridgehead atoms. The van der Waals surface area contributed by atoms with Crippen LogP contribution in [-0.2, 0) is 13.5 Å². The first kappa shape index (κ1) is 10.7. The van der Waals surface area contributed by atoms with Crippen LogP contribution in [0.5, 0.6) is 0 Å². The van der Waals surface area contributed by atoms with Crippen LogP contribution >= 0.6 is 0 Å². The number of aryl methyl sites for hydroxylation is 2. The van der Waals surface area contributed by atoms with Gasteiger partial charge in [0.25, 0.3) is 0 Å². The molecule has 15 heavy (non-hydrogen) atoms. The van der Waals surface area contributed by atoms with Crippen LogP contribution < -0.4 is 0 Å². The molecule has 0 radical (unpaired) electrons. The topological polar surface area (TPSA) is 38.0 Å². The number of unbranched alkanes of at least 4 members (excludes halogenated alkanes) is 1. The van der Waals surface area contributed by atoms with Crippen molar-refractivity contribution >= 4 is 0 Å². The van der Waals surface area contributed by atoms with Crippen LogP contribution in [0.25, 0.3) is 0 Å². The van der Waals surface area contributed by atoms with Gasteiger partial charge >= 0.3 is 0 Å². The van der Waals surface area contributed by atoms with Crippen LogP contribution in [0.3, 0.4) is 0 Å². The van der Waals surface area contributed by atoms with E-state index >= 15 is 0 Å². The Morgan fingerprint density at radius 3 is 2.93 bits per heavy atom. The average molecular weight is 208 g/mol. The molecule has 2 rings (SSSR count). The maximum atomic E-state index is 9.67. The molecule has 1 aromatic rings. The molecule has 1 atom stereocenters. The van der Waals surface area contributed by atoms with Crippen LogP contribution in [0.4, 0.5) is 0 Å². The van der Waals surface area contributed by atoms with Crippen molar-refractivity contribution in [1.29, 1.82) is 0 Å². The molecule has 3 nitrogen and oxygen atoms in total. The van der Waals surface area contributed by atoms with Crippen molar-refractivity contribution in [3.63, 3.8) is 0 Å². The highest BCUT2D eigenvalue weighted by Gasteiger charge is 2.28. The highest BCUT2D eigenvalue weighted by atomic mass is 16.3. The second-order valence-electron chi connectivity index (χ2n) is 4.67. The van der Waals surface area contributed by atoms with Crippen molar-refractivity contribution in [3.05, 3.63) is 18.0 Å². The molecule has 1 unspecified atom stereocenters. The normalized spacial score (nSPS) is 18.0. The third kappa shape index (κ3) is 3.34. The van der Waals surface area contributed by atoms with Crippen LogP contribution in [0.15, 0.2) is 12.4 Å². The van der Waals surface area contributed by atoms with Gasteiger partial charge in [0.2, 0.25) is 0 Å². The van der Waals surface area contributed by atoms with E-state index in [4.69, 9.17) is 0 Å². The Balaban J connectivity index is 1.58. The summed E-state index contributed by atoms with van der Waals surface area (Å²) in [6, 6.07) is 0. The maximum absolute atomic E-state index is 9.67. The van der Waals surface area contributed by atoms with E-state index in [0.717, 1.165) is 25.7 Å². The van der Waals surface area contributed by atoms with Crippen molar-refractivity contribution in [2.24, 2.45) is 13.0 Å². The van der Waals surface area contributed by atoms with Gasteiger partial charge in [0.15, 0.2) is 0 Å². The van der Waals surface area contributed by atoms with Gasteiger partial charge in [-0.05, 0) is 43.6 Å². The summed E-state index contributed by atoms with van der Waals surface area (Å²) in [6.45, 7) is 0. The molecule has 0 spiro atoms. The SMILES string of the molecule is Cn1cc(CCCCC(O)C2CC2)cn1. The first-order valence-corrected chi connectivity index (χ1v) is 5.91. The summed E-state index contributed by atoms with van der Waals surface area (Å²) in [4.78, 5) is 0. The largest absolute Gasteiger partial charge is 0.393 e. The first-order valence-electron chi connectivity index (χ1n) is 5.91. The summed E-state index contributed by atoms with van der Waals surface area (Å²) < 4.78 is 1.84. The maximum Gasteiger partial charge on any atom is 0.0568 e. The van der Waals surface area contributed by atoms with Crippen LogP contribution in [0.1, 0.15) is 37.7 Å². The zero-order valence-electron chi connectivity index (χ0n) is 9.39. The summed E-state index contributed by atoms with van der Waals surface area (Å²) >= 11 is 0. The van der Waals surface area contributed by atoms with Gasteiger partial charge in [0, 0.05) is 13.2 Å². The number of aromatic nitrogens is 2. The van der Waals surface area contributed by atoms with Gasteiger partial charge in [0.1, 0.15) is 0 Å². The monoisotopic (exact) mass is 208 g/mol. The third-order valence-corrected chi connectivity index (χ3v) is 3.14. The minimum atomic E-state index is -0.0288. The van der Waals surface area contributed by atoms with Gasteiger partial charge < -0.3 is 5.11 Å². The Hall–Kier alpha value is -0.830. The second kappa shape index (κ2) is 4.79. The summed E-state index contributed by atoms with van der Waals surface area (Å²) in [5.74, 6) is 0.628. The van der Waals surface area contributed by atoms with Crippen molar-refractivity contribution in [1.82, 2.24) is 9.78 Å². The lowest BCUT2D eigenvalue weighted by Crippen LogP contribution is -2.08. The predicted octanol–water partition coefficient (Wildman–Crippen LogP) is 1.90. The lowest BCUT2D eigenvalue weighted by molar-refractivity contribution is 0.138. The van der Waals surface area contributed by atoms with Gasteiger partial charge in [0.05, 0.1) is 12.3 Å². The Morgan fingerprint density at radius 2 is 2.33 bits per heavy atom. The predicted molar refractivity (Wildman–Crippen MR) is 59.5 cm³/mol. The molecule has 0 aliphatic heterocycles. The quantitative estimate of drug-likeness (QED) is 0.725. The van der Waals surface area contributed by atoms with Crippen LogP contribution in [0.2, 0.25) is 0 Å². The van der Waals surface area contributed by atoms with E-state index in [-0.39, 0.29) is 6.10 Å². The summed E-state index contributed by atoms with van der Waals surface area (Å²) in [5, 5.41) is 13.8. The van der Waals surface area contributed by atoms with Crippen LogP contribution in [0, 0.1) is 5.92 Å². The number of aliphatic hydroxyl groups excluding tert-OH is 1. The second-order valence-corrected chi connectivity index (χ2v) is 4.67. The van der Waals surface area contributed by atoms with E-state index in [0.29, 0.717) is 5.92 Å². The molecule has 1 fully saturated rings. The van der Waals surface area contributed by atoms with Gasteiger partial charge in [-0.25, -0.2) is 0 Å². The van der Waals surface area contributed by atoms with Gasteiger partial charge in [-0.15, -0.1) is 0 Å². The fourth-order valence-corrected chi connectivity index (χ4v) is 2.00. The molecule has 1 heterocycles. The number of rotatable bonds is 6. The standard InChI is InChI=1S/C12H20N2O/c1-14-9-10(8-13-14)4-2-3-5-12(15)11-6-7-11/h8-9,11-12,15H,2-7H2,1H3. The molecule has 1 N–H and O–H groups in total. The number of hydrogen-bond donors (Lipinski definition) is 1. The Labute approximate surface area is 91.1 Å². The minimum absolute atomic E-state index is 0.0288. The van der Waals surface area contributed by atoms with Crippen molar-refractivity contribution in [2.75, 3.05) is 0 Å². The van der Waals surface area contributed by atoms with Gasteiger partial charge in [-0.3, -0.25) is 4.68 Å². The van der Waals surface area contributed by atoms with Crippen molar-refractivity contribution in [2.45, 2.75) is 44.6 Å². The molecule has 0 aromatic carbocycles. The van der Waals surface area contributed by atoms with E-state index in [2.05, 4.69) is 11.3 Å². The average Bonchev–Trinajstić information content (AvgIpc) is 2.98. The van der Waals surface area contributed by atoms with Gasteiger partial charge in [-0.1, -0.05) is 6.42 Å². The van der Waals surface area contributed by atoms with E-state index < -0.39 is 0 Å². The van der Waals surface area contributed by atoms with E-state index in [9.17, 15) is 5.11 Å². The van der Waals surface area contributed by atoms with E-state index in [1.54, 1.807) is 0 Å². The Kier molecular flexibility index (Phi) is 3.41. The Bertz CT molecular complexity index is 304. The molecule has 0 amide bonds. The molecule has 1 aliphatic carbocycles. The molecule has 84 valence electrons. The molecule has 1 aliphatic rings. The lowest BCUT2D eigenvalue weighted by atomic mass is 10.1. The fourth-order valence-electron chi connectivity index (χ4n) is 2.00. The molecular weight excluding hydrogens is 188 g/mol. The molecule has 0 saturated heterocycles. The van der Waals surface area contributed by atoms with Crippen LogP contribution in [-0.4, -0.2) is 21.0 Å². The molecule has 3 heteroatoms. The number of nitrogens with zero attached hydrogens (tertiary/aromatic N) is 2. The zero-order chi connectivity index (χ0) is 10.7. The molecule has 1 aromatic heterocycles. The number of aliphatic hydroxyl groups is 1. The summed E-state index contributed by atoms with van der Waals surface area (Å²) in [6.07, 6.45) is 10.8. The lowest BCUT2D eigenvalue weighted by Gasteiger charge is -2.07. The zero-order valence-corrected chi connectivity index (χ0v) is 9.39.